The van der Waals surface area contributed by atoms with E-state index < -0.39 is 8.32 Å². The fourth-order valence-electron chi connectivity index (χ4n) is 1.31. The molecule has 0 spiro atoms. The Morgan fingerprint density at radius 2 is 2.00 bits per heavy atom. The lowest BCUT2D eigenvalue weighted by Crippen LogP contribution is -2.57. The van der Waals surface area contributed by atoms with Gasteiger partial charge in [-0.05, 0) is 19.6 Å². The van der Waals surface area contributed by atoms with Gasteiger partial charge in [-0.25, -0.2) is 0 Å². The van der Waals surface area contributed by atoms with Crippen LogP contribution in [-0.4, -0.2) is 40.4 Å². The van der Waals surface area contributed by atoms with Gasteiger partial charge in [0, 0.05) is 13.3 Å². The number of aliphatic imine (C=N–C) groups is 1. The quantitative estimate of drug-likeness (QED) is 0.492. The fraction of sp³-hybridized carbons (Fsp3) is 0.875. The Morgan fingerprint density at radius 3 is 2.25 bits per heavy atom. The zero-order chi connectivity index (χ0) is 9.24. The standard InChI is InChI=1S/C8H17NO2Si/c1-9-5-8(6-10-7-8)11-12(2,3)4/h5H,6-7H2,1-4H3. The highest BCUT2D eigenvalue weighted by atomic mass is 28.4. The number of hydrogen-bond acceptors (Lipinski definition) is 3. The van der Waals surface area contributed by atoms with E-state index in [0.717, 1.165) is 0 Å². The zero-order valence-corrected chi connectivity index (χ0v) is 9.26. The van der Waals surface area contributed by atoms with E-state index in [9.17, 15) is 0 Å². The highest BCUT2D eigenvalue weighted by Gasteiger charge is 2.41. The van der Waals surface area contributed by atoms with Gasteiger partial charge in [0.1, 0.15) is 5.60 Å². The predicted molar refractivity (Wildman–Crippen MR) is 52.4 cm³/mol. The number of hydrogen-bond donors (Lipinski definition) is 0. The highest BCUT2D eigenvalue weighted by Crippen LogP contribution is 2.24. The van der Waals surface area contributed by atoms with Crippen molar-refractivity contribution >= 4 is 14.5 Å². The summed E-state index contributed by atoms with van der Waals surface area (Å²) in [6.45, 7) is 7.85. The molecule has 0 unspecified atom stereocenters. The van der Waals surface area contributed by atoms with Gasteiger partial charge in [0.15, 0.2) is 8.32 Å². The molecule has 1 saturated heterocycles. The van der Waals surface area contributed by atoms with E-state index >= 15 is 0 Å². The first kappa shape index (κ1) is 9.89. The Balaban J connectivity index is 2.56. The summed E-state index contributed by atoms with van der Waals surface area (Å²) in [7, 11) is 0.301. The molecule has 0 bridgehead atoms. The SMILES string of the molecule is CN=CC1(O[Si](C)(C)C)COC1. The second kappa shape index (κ2) is 3.28. The maximum Gasteiger partial charge on any atom is 0.185 e. The van der Waals surface area contributed by atoms with Crippen molar-refractivity contribution in [2.75, 3.05) is 20.3 Å². The van der Waals surface area contributed by atoms with Crippen molar-refractivity contribution in [3.8, 4) is 0 Å². The molecule has 0 N–H and O–H groups in total. The monoisotopic (exact) mass is 187 g/mol. The molecule has 0 atom stereocenters. The largest absolute Gasteiger partial charge is 0.403 e. The first-order valence-electron chi connectivity index (χ1n) is 4.19. The lowest BCUT2D eigenvalue weighted by Gasteiger charge is -2.42. The molecule has 1 fully saturated rings. The van der Waals surface area contributed by atoms with Crippen LogP contribution in [0.2, 0.25) is 19.6 Å². The van der Waals surface area contributed by atoms with Gasteiger partial charge in [-0.3, -0.25) is 4.99 Å². The van der Waals surface area contributed by atoms with E-state index in [2.05, 4.69) is 24.6 Å². The second-order valence-corrected chi connectivity index (χ2v) is 8.59. The van der Waals surface area contributed by atoms with Crippen molar-refractivity contribution in [1.82, 2.24) is 0 Å². The molecule has 1 aliphatic rings. The van der Waals surface area contributed by atoms with E-state index in [1.165, 1.54) is 0 Å². The lowest BCUT2D eigenvalue weighted by molar-refractivity contribution is -0.120. The molecular formula is C8H17NO2Si. The molecule has 0 aromatic heterocycles. The molecule has 0 amide bonds. The van der Waals surface area contributed by atoms with Gasteiger partial charge in [-0.1, -0.05) is 0 Å². The Morgan fingerprint density at radius 1 is 1.42 bits per heavy atom. The minimum atomic E-state index is -1.47. The Hall–Kier alpha value is -0.193. The molecule has 3 nitrogen and oxygen atoms in total. The number of rotatable bonds is 3. The van der Waals surface area contributed by atoms with E-state index in [-0.39, 0.29) is 5.60 Å². The van der Waals surface area contributed by atoms with Gasteiger partial charge in [0.05, 0.1) is 13.2 Å². The molecule has 1 aliphatic heterocycles. The summed E-state index contributed by atoms with van der Waals surface area (Å²) in [5, 5.41) is 0. The van der Waals surface area contributed by atoms with Crippen LogP contribution in [0, 0.1) is 0 Å². The minimum absolute atomic E-state index is 0.195. The normalized spacial score (nSPS) is 22.7. The Kier molecular flexibility index (Phi) is 2.70. The van der Waals surface area contributed by atoms with Crippen molar-refractivity contribution in [3.05, 3.63) is 0 Å². The summed E-state index contributed by atoms with van der Waals surface area (Å²) in [5.41, 5.74) is -0.195. The van der Waals surface area contributed by atoms with Crippen LogP contribution in [0.25, 0.3) is 0 Å². The van der Waals surface area contributed by atoms with Crippen LogP contribution in [0.5, 0.6) is 0 Å². The molecule has 0 aromatic carbocycles. The number of ether oxygens (including phenoxy) is 1. The number of nitrogens with zero attached hydrogens (tertiary/aromatic N) is 1. The average Bonchev–Trinajstić information content (AvgIpc) is 1.80. The molecule has 1 rings (SSSR count). The summed E-state index contributed by atoms with van der Waals surface area (Å²) in [6, 6.07) is 0. The third-order valence-corrected chi connectivity index (χ3v) is 2.59. The Bertz CT molecular complexity index is 182. The van der Waals surface area contributed by atoms with Crippen LogP contribution >= 0.6 is 0 Å². The van der Waals surface area contributed by atoms with Crippen molar-refractivity contribution in [2.24, 2.45) is 4.99 Å². The van der Waals surface area contributed by atoms with Gasteiger partial charge in [0.25, 0.3) is 0 Å². The van der Waals surface area contributed by atoms with Gasteiger partial charge in [-0.2, -0.15) is 0 Å². The van der Waals surface area contributed by atoms with Crippen LogP contribution in [0.15, 0.2) is 4.99 Å². The van der Waals surface area contributed by atoms with Crippen molar-refractivity contribution in [2.45, 2.75) is 25.2 Å². The van der Waals surface area contributed by atoms with Crippen LogP contribution in [0.4, 0.5) is 0 Å². The molecular weight excluding hydrogens is 170 g/mol. The van der Waals surface area contributed by atoms with E-state index in [0.29, 0.717) is 13.2 Å². The molecule has 0 saturated carbocycles. The summed E-state index contributed by atoms with van der Waals surface area (Å²) in [4.78, 5) is 4.01. The highest BCUT2D eigenvalue weighted by molar-refractivity contribution is 6.70. The van der Waals surface area contributed by atoms with Gasteiger partial charge in [-0.15, -0.1) is 0 Å². The summed E-state index contributed by atoms with van der Waals surface area (Å²) >= 11 is 0. The predicted octanol–water partition coefficient (Wildman–Crippen LogP) is 1.31. The van der Waals surface area contributed by atoms with E-state index in [1.54, 1.807) is 7.05 Å². The maximum absolute atomic E-state index is 5.97. The molecule has 0 aromatic rings. The summed E-state index contributed by atoms with van der Waals surface area (Å²) in [6.07, 6.45) is 1.87. The molecule has 4 heteroatoms. The summed E-state index contributed by atoms with van der Waals surface area (Å²) in [5.74, 6) is 0. The first-order chi connectivity index (χ1) is 5.47. The van der Waals surface area contributed by atoms with Crippen LogP contribution in [0.1, 0.15) is 0 Å². The van der Waals surface area contributed by atoms with Crippen molar-refractivity contribution in [1.29, 1.82) is 0 Å². The average molecular weight is 187 g/mol. The van der Waals surface area contributed by atoms with E-state index in [4.69, 9.17) is 9.16 Å². The van der Waals surface area contributed by atoms with Crippen LogP contribution in [-0.2, 0) is 9.16 Å². The minimum Gasteiger partial charge on any atom is -0.403 e. The molecule has 0 radical (unpaired) electrons. The third kappa shape index (κ3) is 2.40. The van der Waals surface area contributed by atoms with E-state index in [1.807, 2.05) is 6.21 Å². The van der Waals surface area contributed by atoms with Crippen LogP contribution < -0.4 is 0 Å². The molecule has 1 heterocycles. The summed E-state index contributed by atoms with van der Waals surface area (Å²) < 4.78 is 11.1. The zero-order valence-electron chi connectivity index (χ0n) is 8.26. The smallest absolute Gasteiger partial charge is 0.185 e. The van der Waals surface area contributed by atoms with Gasteiger partial charge >= 0.3 is 0 Å². The molecule has 0 aliphatic carbocycles. The topological polar surface area (TPSA) is 30.8 Å². The fourth-order valence-corrected chi connectivity index (χ4v) is 2.70. The van der Waals surface area contributed by atoms with Crippen molar-refractivity contribution < 1.29 is 9.16 Å². The van der Waals surface area contributed by atoms with Gasteiger partial charge in [0.2, 0.25) is 0 Å². The lowest BCUT2D eigenvalue weighted by atomic mass is 10.1. The first-order valence-corrected chi connectivity index (χ1v) is 7.60. The Labute approximate surface area is 74.9 Å². The third-order valence-electron chi connectivity index (χ3n) is 1.57. The second-order valence-electron chi connectivity index (χ2n) is 4.16. The molecule has 70 valence electrons. The van der Waals surface area contributed by atoms with Crippen LogP contribution in [0.3, 0.4) is 0 Å². The molecule has 12 heavy (non-hydrogen) atoms. The maximum atomic E-state index is 5.97. The van der Waals surface area contributed by atoms with Gasteiger partial charge < -0.3 is 9.16 Å². The van der Waals surface area contributed by atoms with Crippen molar-refractivity contribution in [3.63, 3.8) is 0 Å².